The van der Waals surface area contributed by atoms with E-state index in [0.717, 1.165) is 22.9 Å². The lowest BCUT2D eigenvalue weighted by Crippen LogP contribution is -2.20. The highest BCUT2D eigenvalue weighted by Gasteiger charge is 2.30. The monoisotopic (exact) mass is 432 g/mol. The van der Waals surface area contributed by atoms with Crippen molar-refractivity contribution in [1.29, 1.82) is 0 Å². The van der Waals surface area contributed by atoms with Gasteiger partial charge < -0.3 is 5.32 Å². The van der Waals surface area contributed by atoms with Crippen LogP contribution in [-0.4, -0.2) is 15.8 Å². The maximum absolute atomic E-state index is 13.7. The first-order valence-corrected chi connectivity index (χ1v) is 8.15. The van der Waals surface area contributed by atoms with Crippen LogP contribution in [0.5, 0.6) is 0 Å². The molecule has 0 aliphatic heterocycles. The third-order valence-corrected chi connectivity index (χ3v) is 3.85. The highest BCUT2D eigenvalue weighted by molar-refractivity contribution is 5.99. The van der Waals surface area contributed by atoms with E-state index in [-0.39, 0.29) is 17.6 Å². The fraction of sp³-hybridized carbons (Fsp3) is 0.111. The third-order valence-electron chi connectivity index (χ3n) is 3.85. The largest absolute Gasteiger partial charge is 0.416 e. The first-order valence-electron chi connectivity index (χ1n) is 8.15. The van der Waals surface area contributed by atoms with Gasteiger partial charge >= 0.3 is 12.2 Å². The number of aromatic nitrogens is 2. The van der Waals surface area contributed by atoms with Crippen molar-refractivity contribution in [3.05, 3.63) is 77.0 Å². The molecule has 0 unspecified atom stereocenters. The zero-order valence-electron chi connectivity index (χ0n) is 14.7. The van der Waals surface area contributed by atoms with Gasteiger partial charge in [-0.05, 0) is 18.2 Å². The molecule has 12 heteroatoms. The predicted molar refractivity (Wildman–Crippen MR) is 91.7 cm³/mol. The van der Waals surface area contributed by atoms with E-state index < -0.39 is 53.1 Å². The maximum Gasteiger partial charge on any atom is 0.416 e. The molecule has 2 amide bonds. The summed E-state index contributed by atoms with van der Waals surface area (Å²) in [6, 6.07) is 4.24. The van der Waals surface area contributed by atoms with Gasteiger partial charge in [-0.3, -0.25) is 10.00 Å². The van der Waals surface area contributed by atoms with Gasteiger partial charge in [0.15, 0.2) is 29.1 Å². The van der Waals surface area contributed by atoms with Crippen molar-refractivity contribution >= 4 is 17.5 Å². The fourth-order valence-corrected chi connectivity index (χ4v) is 2.49. The quantitative estimate of drug-likeness (QED) is 0.443. The van der Waals surface area contributed by atoms with Crippen LogP contribution in [0.2, 0.25) is 0 Å². The van der Waals surface area contributed by atoms with E-state index in [4.69, 9.17) is 0 Å². The molecule has 0 bridgehead atoms. The Balaban J connectivity index is 1.69. The molecule has 0 aliphatic carbocycles. The molecule has 0 radical (unpaired) electrons. The van der Waals surface area contributed by atoms with Gasteiger partial charge in [0.1, 0.15) is 0 Å². The van der Waals surface area contributed by atoms with Gasteiger partial charge in [-0.1, -0.05) is 6.07 Å². The summed E-state index contributed by atoms with van der Waals surface area (Å²) in [4.78, 5) is 11.9. The standard InChI is InChI=1S/C18H11F7N4O/c19-12-7-13(20)16(22)11(15(12)21)8-29-5-4-14(28-29)27-17(30)26-10-3-1-2-9(6-10)18(23,24)25/h1-7H,8H2,(H2,26,27,28,30). The summed E-state index contributed by atoms with van der Waals surface area (Å²) in [6.45, 7) is -0.677. The van der Waals surface area contributed by atoms with Crippen LogP contribution in [0.4, 0.5) is 47.0 Å². The number of nitrogens with zero attached hydrogens (tertiary/aromatic N) is 2. The van der Waals surface area contributed by atoms with E-state index in [0.29, 0.717) is 0 Å². The molecule has 1 aromatic heterocycles. The summed E-state index contributed by atoms with van der Waals surface area (Å²) in [7, 11) is 0. The number of hydrogen-bond acceptors (Lipinski definition) is 2. The summed E-state index contributed by atoms with van der Waals surface area (Å²) in [5.41, 5.74) is -2.01. The molecule has 5 nitrogen and oxygen atoms in total. The Morgan fingerprint density at radius 2 is 1.63 bits per heavy atom. The predicted octanol–water partition coefficient (Wildman–Crippen LogP) is 5.15. The zero-order chi connectivity index (χ0) is 22.1. The van der Waals surface area contributed by atoms with Gasteiger partial charge in [0, 0.05) is 24.0 Å². The molecule has 30 heavy (non-hydrogen) atoms. The number of amides is 2. The summed E-state index contributed by atoms with van der Waals surface area (Å²) in [5, 5.41) is 8.16. The number of hydrogen-bond donors (Lipinski definition) is 2. The highest BCUT2D eigenvalue weighted by atomic mass is 19.4. The number of alkyl halides is 3. The number of nitrogens with one attached hydrogen (secondary N) is 2. The van der Waals surface area contributed by atoms with E-state index in [1.54, 1.807) is 0 Å². The summed E-state index contributed by atoms with van der Waals surface area (Å²) in [6.07, 6.45) is -3.42. The van der Waals surface area contributed by atoms with E-state index in [2.05, 4.69) is 15.7 Å². The molecule has 0 spiro atoms. The van der Waals surface area contributed by atoms with Crippen molar-refractivity contribution in [2.24, 2.45) is 0 Å². The SMILES string of the molecule is O=C(Nc1cccc(C(F)(F)F)c1)Nc1ccn(Cc2c(F)c(F)cc(F)c2F)n1. The van der Waals surface area contributed by atoms with Crippen LogP contribution in [0.3, 0.4) is 0 Å². The minimum Gasteiger partial charge on any atom is -0.308 e. The number of rotatable bonds is 4. The molecule has 2 N–H and O–H groups in total. The molecule has 2 aromatic carbocycles. The molecular formula is C18H11F7N4O. The smallest absolute Gasteiger partial charge is 0.308 e. The van der Waals surface area contributed by atoms with Crippen LogP contribution in [0, 0.1) is 23.3 Å². The molecule has 1 heterocycles. The van der Waals surface area contributed by atoms with Crippen LogP contribution in [0.1, 0.15) is 11.1 Å². The van der Waals surface area contributed by atoms with Gasteiger partial charge in [-0.25, -0.2) is 22.4 Å². The number of benzene rings is 2. The van der Waals surface area contributed by atoms with Gasteiger partial charge in [0.25, 0.3) is 0 Å². The van der Waals surface area contributed by atoms with Gasteiger partial charge in [-0.2, -0.15) is 18.3 Å². The molecule has 0 fully saturated rings. The minimum atomic E-state index is -4.59. The Bertz CT molecular complexity index is 1070. The average molecular weight is 432 g/mol. The van der Waals surface area contributed by atoms with Gasteiger partial charge in [-0.15, -0.1) is 0 Å². The van der Waals surface area contributed by atoms with Gasteiger partial charge in [0.2, 0.25) is 0 Å². The second-order valence-corrected chi connectivity index (χ2v) is 6.00. The molecule has 0 atom stereocenters. The number of halogens is 7. The second kappa shape index (κ2) is 8.05. The molecule has 0 saturated heterocycles. The van der Waals surface area contributed by atoms with Crippen LogP contribution < -0.4 is 10.6 Å². The first kappa shape index (κ1) is 21.1. The molecule has 3 aromatic rings. The Kier molecular flexibility index (Phi) is 5.67. The number of carbonyl (C=O) groups is 1. The van der Waals surface area contributed by atoms with Crippen molar-refractivity contribution in [3.8, 4) is 0 Å². The zero-order valence-corrected chi connectivity index (χ0v) is 14.7. The van der Waals surface area contributed by atoms with Crippen molar-refractivity contribution in [2.45, 2.75) is 12.7 Å². The molecule has 3 rings (SSSR count). The number of carbonyl (C=O) groups excluding carboxylic acids is 1. The Hall–Kier alpha value is -3.57. The molecule has 0 aliphatic rings. The highest BCUT2D eigenvalue weighted by Crippen LogP contribution is 2.30. The minimum absolute atomic E-state index is 0.0718. The average Bonchev–Trinajstić information content (AvgIpc) is 3.10. The van der Waals surface area contributed by atoms with Crippen molar-refractivity contribution < 1.29 is 35.5 Å². The fourth-order valence-electron chi connectivity index (χ4n) is 2.49. The molecule has 0 saturated carbocycles. The number of anilines is 2. The second-order valence-electron chi connectivity index (χ2n) is 6.00. The Labute approximate surface area is 164 Å². The summed E-state index contributed by atoms with van der Waals surface area (Å²) < 4.78 is 93.0. The molecule has 158 valence electrons. The van der Waals surface area contributed by atoms with E-state index >= 15 is 0 Å². The van der Waals surface area contributed by atoms with Crippen molar-refractivity contribution in [2.75, 3.05) is 10.6 Å². The topological polar surface area (TPSA) is 59.0 Å². The summed E-state index contributed by atoms with van der Waals surface area (Å²) in [5.74, 6) is -6.44. The van der Waals surface area contributed by atoms with Crippen LogP contribution in [0.15, 0.2) is 42.6 Å². The van der Waals surface area contributed by atoms with Crippen LogP contribution in [0.25, 0.3) is 0 Å². The first-order chi connectivity index (χ1) is 14.0. The van der Waals surface area contributed by atoms with E-state index in [9.17, 15) is 35.5 Å². The van der Waals surface area contributed by atoms with Crippen molar-refractivity contribution in [1.82, 2.24) is 9.78 Å². The lowest BCUT2D eigenvalue weighted by molar-refractivity contribution is -0.137. The maximum atomic E-state index is 13.7. The van der Waals surface area contributed by atoms with Gasteiger partial charge in [0.05, 0.1) is 17.7 Å². The third kappa shape index (κ3) is 4.70. The van der Waals surface area contributed by atoms with Crippen LogP contribution in [-0.2, 0) is 12.7 Å². The summed E-state index contributed by atoms with van der Waals surface area (Å²) >= 11 is 0. The van der Waals surface area contributed by atoms with E-state index in [1.807, 2.05) is 0 Å². The molecular weight excluding hydrogens is 421 g/mol. The lowest BCUT2D eigenvalue weighted by Gasteiger charge is -2.10. The van der Waals surface area contributed by atoms with Crippen molar-refractivity contribution in [3.63, 3.8) is 0 Å². The Morgan fingerprint density at radius 3 is 2.27 bits per heavy atom. The Morgan fingerprint density at radius 1 is 0.967 bits per heavy atom. The number of urea groups is 1. The van der Waals surface area contributed by atoms with E-state index in [1.165, 1.54) is 18.3 Å². The normalized spacial score (nSPS) is 11.4. The van der Waals surface area contributed by atoms with Crippen LogP contribution >= 0.6 is 0 Å². The lowest BCUT2D eigenvalue weighted by atomic mass is 10.2.